The molecule has 2 aromatic carbocycles. The Morgan fingerprint density at radius 2 is 1.76 bits per heavy atom. The maximum atomic E-state index is 3.45. The molecule has 0 saturated carbocycles. The monoisotopic (exact) mass is 228 g/mol. The topological polar surface area (TPSA) is 24.1 Å². The van der Waals surface area contributed by atoms with Crippen LogP contribution in [0.3, 0.4) is 0 Å². The van der Waals surface area contributed by atoms with Gasteiger partial charge in [-0.25, -0.2) is 0 Å². The van der Waals surface area contributed by atoms with Crippen molar-refractivity contribution in [2.75, 3.05) is 10.6 Å². The van der Waals surface area contributed by atoms with E-state index in [2.05, 4.69) is 54.8 Å². The third kappa shape index (κ3) is 2.07. The molecule has 1 heterocycles. The van der Waals surface area contributed by atoms with Crippen LogP contribution in [0.5, 0.6) is 0 Å². The third-order valence-corrected chi connectivity index (χ3v) is 2.91. The molecular weight excluding hydrogens is 208 g/mol. The number of rotatable bonds is 0. The molecule has 17 heavy (non-hydrogen) atoms. The van der Waals surface area contributed by atoms with Crippen molar-refractivity contribution < 1.29 is 0 Å². The molecule has 1 unspecified atom stereocenters. The Bertz CT molecular complexity index is 532. The van der Waals surface area contributed by atoms with E-state index in [4.69, 9.17) is 0 Å². The van der Waals surface area contributed by atoms with Crippen LogP contribution in [0.25, 0.3) is 10.8 Å². The van der Waals surface area contributed by atoms with E-state index in [0.29, 0.717) is 6.17 Å². The van der Waals surface area contributed by atoms with Crippen LogP contribution in [0.1, 0.15) is 26.3 Å². The Labute approximate surface area is 103 Å². The van der Waals surface area contributed by atoms with Gasteiger partial charge < -0.3 is 10.6 Å². The molecule has 0 radical (unpaired) electrons. The molecule has 0 aliphatic carbocycles. The summed E-state index contributed by atoms with van der Waals surface area (Å²) in [5.41, 5.74) is 3.75. The fraction of sp³-hybridized carbons (Fsp3) is 0.333. The van der Waals surface area contributed by atoms with Gasteiger partial charge in [0.1, 0.15) is 0 Å². The van der Waals surface area contributed by atoms with E-state index in [0.717, 1.165) is 0 Å². The number of hydrogen-bond acceptors (Lipinski definition) is 2. The van der Waals surface area contributed by atoms with E-state index >= 15 is 0 Å². The van der Waals surface area contributed by atoms with Crippen LogP contribution in [0.4, 0.5) is 11.4 Å². The van der Waals surface area contributed by atoms with Gasteiger partial charge in [-0.3, -0.25) is 0 Å². The van der Waals surface area contributed by atoms with Crippen molar-refractivity contribution in [3.63, 3.8) is 0 Å². The van der Waals surface area contributed by atoms with Gasteiger partial charge in [0.15, 0.2) is 0 Å². The first-order valence-corrected chi connectivity index (χ1v) is 6.30. The SMILES string of the molecule is CC.Cc1ccc2c3c(ccc2c1)NC(C)N3. The smallest absolute Gasteiger partial charge is 0.0936 e. The summed E-state index contributed by atoms with van der Waals surface area (Å²) in [6.45, 7) is 8.25. The van der Waals surface area contributed by atoms with Crippen molar-refractivity contribution in [2.45, 2.75) is 33.9 Å². The molecule has 0 aromatic heterocycles. The molecule has 2 aromatic rings. The predicted octanol–water partition coefficient (Wildman–Crippen LogP) is 4.36. The average molecular weight is 228 g/mol. The van der Waals surface area contributed by atoms with Crippen molar-refractivity contribution in [3.05, 3.63) is 35.9 Å². The second-order valence-corrected chi connectivity index (χ2v) is 4.22. The largest absolute Gasteiger partial charge is 0.364 e. The van der Waals surface area contributed by atoms with E-state index in [9.17, 15) is 0 Å². The number of aryl methyl sites for hydroxylation is 1. The lowest BCUT2D eigenvalue weighted by atomic mass is 10.1. The molecule has 0 bridgehead atoms. The fourth-order valence-electron chi connectivity index (χ4n) is 2.21. The lowest BCUT2D eigenvalue weighted by molar-refractivity contribution is 0.957. The minimum Gasteiger partial charge on any atom is -0.364 e. The zero-order valence-electron chi connectivity index (χ0n) is 11.0. The maximum Gasteiger partial charge on any atom is 0.0936 e. The zero-order chi connectivity index (χ0) is 12.4. The molecular formula is C15H20N2. The zero-order valence-corrected chi connectivity index (χ0v) is 11.0. The van der Waals surface area contributed by atoms with Crippen molar-refractivity contribution in [1.29, 1.82) is 0 Å². The molecule has 3 rings (SSSR count). The summed E-state index contributed by atoms with van der Waals surface area (Å²) >= 11 is 0. The summed E-state index contributed by atoms with van der Waals surface area (Å²) in [4.78, 5) is 0. The highest BCUT2D eigenvalue weighted by atomic mass is 15.2. The lowest BCUT2D eigenvalue weighted by Gasteiger charge is -2.05. The minimum atomic E-state index is 0.326. The normalized spacial score (nSPS) is 16.6. The van der Waals surface area contributed by atoms with Crippen molar-refractivity contribution in [2.24, 2.45) is 0 Å². The molecule has 2 nitrogen and oxygen atoms in total. The highest BCUT2D eigenvalue weighted by Gasteiger charge is 2.17. The Hall–Kier alpha value is -1.70. The lowest BCUT2D eigenvalue weighted by Crippen LogP contribution is -2.16. The highest BCUT2D eigenvalue weighted by Crippen LogP contribution is 2.36. The van der Waals surface area contributed by atoms with E-state index in [1.807, 2.05) is 13.8 Å². The maximum absolute atomic E-state index is 3.45. The fourth-order valence-corrected chi connectivity index (χ4v) is 2.21. The van der Waals surface area contributed by atoms with Crippen molar-refractivity contribution >= 4 is 22.1 Å². The standard InChI is InChI=1S/C13H14N2.C2H6/c1-8-3-5-11-10(7-8)4-6-12-13(11)15-9(2)14-12;1-2/h3-7,9,14-15H,1-2H3;1-2H3. The van der Waals surface area contributed by atoms with Crippen LogP contribution in [-0.2, 0) is 0 Å². The molecule has 2 N–H and O–H groups in total. The molecule has 0 spiro atoms. The van der Waals surface area contributed by atoms with Crippen molar-refractivity contribution in [1.82, 2.24) is 0 Å². The summed E-state index contributed by atoms with van der Waals surface area (Å²) in [6, 6.07) is 10.9. The molecule has 0 amide bonds. The molecule has 90 valence electrons. The first-order valence-electron chi connectivity index (χ1n) is 6.30. The van der Waals surface area contributed by atoms with Gasteiger partial charge in [0.25, 0.3) is 0 Å². The molecule has 1 aliphatic rings. The molecule has 0 fully saturated rings. The summed E-state index contributed by atoms with van der Waals surface area (Å²) < 4.78 is 0. The van der Waals surface area contributed by atoms with Crippen LogP contribution in [0, 0.1) is 6.92 Å². The first-order chi connectivity index (χ1) is 8.24. The first kappa shape index (κ1) is 11.8. The quantitative estimate of drug-likeness (QED) is 0.700. The van der Waals surface area contributed by atoms with E-state index in [1.165, 1.54) is 27.7 Å². The molecule has 1 aliphatic heterocycles. The number of hydrogen-bond donors (Lipinski definition) is 2. The van der Waals surface area contributed by atoms with Crippen LogP contribution in [-0.4, -0.2) is 6.17 Å². The van der Waals surface area contributed by atoms with Gasteiger partial charge in [-0.2, -0.15) is 0 Å². The van der Waals surface area contributed by atoms with Gasteiger partial charge in [0.05, 0.1) is 17.5 Å². The van der Waals surface area contributed by atoms with Crippen LogP contribution in [0.15, 0.2) is 30.3 Å². The Morgan fingerprint density at radius 1 is 1.00 bits per heavy atom. The molecule has 2 heteroatoms. The van der Waals surface area contributed by atoms with Crippen LogP contribution < -0.4 is 10.6 Å². The van der Waals surface area contributed by atoms with Gasteiger partial charge >= 0.3 is 0 Å². The second kappa shape index (κ2) is 4.66. The summed E-state index contributed by atoms with van der Waals surface area (Å²) in [5.74, 6) is 0. The summed E-state index contributed by atoms with van der Waals surface area (Å²) in [6.07, 6.45) is 0.326. The van der Waals surface area contributed by atoms with Gasteiger partial charge in [-0.05, 0) is 25.3 Å². The van der Waals surface area contributed by atoms with Gasteiger partial charge in [-0.15, -0.1) is 0 Å². The Morgan fingerprint density at radius 3 is 2.53 bits per heavy atom. The van der Waals surface area contributed by atoms with Crippen LogP contribution >= 0.6 is 0 Å². The molecule has 0 saturated heterocycles. The molecule has 1 atom stereocenters. The van der Waals surface area contributed by atoms with Crippen molar-refractivity contribution in [3.8, 4) is 0 Å². The summed E-state index contributed by atoms with van der Waals surface area (Å²) in [7, 11) is 0. The number of fused-ring (bicyclic) bond motifs is 3. The average Bonchev–Trinajstić information content (AvgIpc) is 2.72. The minimum absolute atomic E-state index is 0.326. The summed E-state index contributed by atoms with van der Waals surface area (Å²) in [5, 5.41) is 9.45. The van der Waals surface area contributed by atoms with Gasteiger partial charge in [-0.1, -0.05) is 43.7 Å². The van der Waals surface area contributed by atoms with E-state index in [-0.39, 0.29) is 0 Å². The Kier molecular flexibility index (Phi) is 3.23. The number of anilines is 2. The number of benzene rings is 2. The van der Waals surface area contributed by atoms with E-state index in [1.54, 1.807) is 0 Å². The predicted molar refractivity (Wildman–Crippen MR) is 76.7 cm³/mol. The van der Waals surface area contributed by atoms with Gasteiger partial charge in [0, 0.05) is 5.39 Å². The Balaban J connectivity index is 0.000000514. The van der Waals surface area contributed by atoms with Crippen LogP contribution in [0.2, 0.25) is 0 Å². The third-order valence-electron chi connectivity index (χ3n) is 2.91. The highest BCUT2D eigenvalue weighted by molar-refractivity contribution is 6.02. The van der Waals surface area contributed by atoms with E-state index < -0.39 is 0 Å². The second-order valence-electron chi connectivity index (χ2n) is 4.22. The number of nitrogens with one attached hydrogen (secondary N) is 2. The van der Waals surface area contributed by atoms with Gasteiger partial charge in [0.2, 0.25) is 0 Å².